The summed E-state index contributed by atoms with van der Waals surface area (Å²) in [4.78, 5) is 8.74. The van der Waals surface area contributed by atoms with Gasteiger partial charge in [-0.2, -0.15) is 18.2 Å². The minimum absolute atomic E-state index is 0.137. The molecule has 0 fully saturated rings. The van der Waals surface area contributed by atoms with Gasteiger partial charge in [-0.05, 0) is 45.0 Å². The quantitative estimate of drug-likeness (QED) is 0.811. The molecule has 0 N–H and O–H groups in total. The molecular weight excluding hydrogens is 335 g/mol. The van der Waals surface area contributed by atoms with Gasteiger partial charge in [-0.1, -0.05) is 0 Å². The summed E-state index contributed by atoms with van der Waals surface area (Å²) in [5, 5.41) is 0. The Hall–Kier alpha value is -2.51. The van der Waals surface area contributed by atoms with Gasteiger partial charge in [0.05, 0.1) is 7.11 Å². The van der Waals surface area contributed by atoms with Crippen molar-refractivity contribution < 1.29 is 22.6 Å². The Morgan fingerprint density at radius 2 is 1.64 bits per heavy atom. The van der Waals surface area contributed by atoms with E-state index < -0.39 is 11.7 Å². The number of halogens is 3. The number of alkyl halides is 3. The predicted octanol–water partition coefficient (Wildman–Crippen LogP) is 4.45. The van der Waals surface area contributed by atoms with Gasteiger partial charge in [0.25, 0.3) is 0 Å². The monoisotopic (exact) mass is 355 g/mol. The Kier molecular flexibility index (Phi) is 5.10. The van der Waals surface area contributed by atoms with E-state index in [4.69, 9.17) is 9.47 Å². The SMILES string of the molecule is COc1ncc(C(F)(F)F)c(N(C)c2ccc(OC(C)(C)C)cc2)n1. The molecule has 2 rings (SSSR count). The molecule has 0 atom stereocenters. The van der Waals surface area contributed by atoms with Crippen molar-refractivity contribution in [3.8, 4) is 11.8 Å². The molecule has 2 aromatic rings. The summed E-state index contributed by atoms with van der Waals surface area (Å²) in [6.45, 7) is 5.74. The highest BCUT2D eigenvalue weighted by Gasteiger charge is 2.36. The molecule has 1 aromatic carbocycles. The number of ether oxygens (including phenoxy) is 2. The van der Waals surface area contributed by atoms with E-state index in [1.165, 1.54) is 19.1 Å². The fourth-order valence-corrected chi connectivity index (χ4v) is 2.12. The Balaban J connectivity index is 2.38. The first-order valence-corrected chi connectivity index (χ1v) is 7.52. The van der Waals surface area contributed by atoms with Gasteiger partial charge in [-0.3, -0.25) is 0 Å². The third-order valence-electron chi connectivity index (χ3n) is 3.20. The van der Waals surface area contributed by atoms with Gasteiger partial charge < -0.3 is 14.4 Å². The summed E-state index contributed by atoms with van der Waals surface area (Å²) in [7, 11) is 2.79. The van der Waals surface area contributed by atoms with Gasteiger partial charge in [0.15, 0.2) is 5.82 Å². The van der Waals surface area contributed by atoms with Crippen LogP contribution in [0.1, 0.15) is 26.3 Å². The molecule has 0 aliphatic carbocycles. The first kappa shape index (κ1) is 18.8. The van der Waals surface area contributed by atoms with Crippen molar-refractivity contribution in [1.29, 1.82) is 0 Å². The van der Waals surface area contributed by atoms with Crippen molar-refractivity contribution >= 4 is 11.5 Å². The minimum atomic E-state index is -4.58. The number of aromatic nitrogens is 2. The van der Waals surface area contributed by atoms with Crippen molar-refractivity contribution in [2.75, 3.05) is 19.1 Å². The first-order valence-electron chi connectivity index (χ1n) is 7.52. The Bertz CT molecular complexity index is 725. The van der Waals surface area contributed by atoms with E-state index >= 15 is 0 Å². The molecule has 5 nitrogen and oxygen atoms in total. The summed E-state index contributed by atoms with van der Waals surface area (Å²) in [6.07, 6.45) is -3.86. The highest BCUT2D eigenvalue weighted by molar-refractivity contribution is 5.63. The fourth-order valence-electron chi connectivity index (χ4n) is 2.12. The second kappa shape index (κ2) is 6.78. The van der Waals surface area contributed by atoms with Crippen LogP contribution in [0.3, 0.4) is 0 Å². The van der Waals surface area contributed by atoms with Crippen molar-refractivity contribution in [2.45, 2.75) is 32.5 Å². The molecule has 25 heavy (non-hydrogen) atoms. The summed E-state index contributed by atoms with van der Waals surface area (Å²) < 4.78 is 50.3. The van der Waals surface area contributed by atoms with E-state index in [0.717, 1.165) is 6.20 Å². The highest BCUT2D eigenvalue weighted by atomic mass is 19.4. The van der Waals surface area contributed by atoms with E-state index in [-0.39, 0.29) is 17.4 Å². The average Bonchev–Trinajstić information content (AvgIpc) is 2.52. The van der Waals surface area contributed by atoms with E-state index in [0.29, 0.717) is 11.4 Å². The summed E-state index contributed by atoms with van der Waals surface area (Å²) in [5.74, 6) is 0.338. The number of nitrogens with zero attached hydrogens (tertiary/aromatic N) is 3. The zero-order chi connectivity index (χ0) is 18.8. The van der Waals surface area contributed by atoms with E-state index in [1.54, 1.807) is 24.3 Å². The largest absolute Gasteiger partial charge is 0.488 e. The molecule has 136 valence electrons. The van der Waals surface area contributed by atoms with Crippen LogP contribution in [0.2, 0.25) is 0 Å². The molecule has 0 aliphatic heterocycles. The van der Waals surface area contributed by atoms with Gasteiger partial charge in [0.1, 0.15) is 16.9 Å². The number of methoxy groups -OCH3 is 1. The topological polar surface area (TPSA) is 47.5 Å². The summed E-state index contributed by atoms with van der Waals surface area (Å²) in [5.41, 5.74) is -0.782. The number of hydrogen-bond donors (Lipinski definition) is 0. The van der Waals surface area contributed by atoms with Crippen LogP contribution < -0.4 is 14.4 Å². The van der Waals surface area contributed by atoms with Crippen LogP contribution in [0.15, 0.2) is 30.5 Å². The summed E-state index contributed by atoms with van der Waals surface area (Å²) >= 11 is 0. The second-order valence-electron chi connectivity index (χ2n) is 6.36. The standard InChI is InChI=1S/C17H20F3N3O2/c1-16(2,3)25-12-8-6-11(7-9-12)23(4)14-13(17(18,19)20)10-21-15(22-14)24-5/h6-10H,1-5H3. The smallest absolute Gasteiger partial charge is 0.421 e. The van der Waals surface area contributed by atoms with Gasteiger partial charge >= 0.3 is 12.2 Å². The zero-order valence-electron chi connectivity index (χ0n) is 14.7. The number of benzene rings is 1. The van der Waals surface area contributed by atoms with Gasteiger partial charge in [-0.25, -0.2) is 4.98 Å². The lowest BCUT2D eigenvalue weighted by Gasteiger charge is -2.24. The lowest BCUT2D eigenvalue weighted by molar-refractivity contribution is -0.137. The number of hydrogen-bond acceptors (Lipinski definition) is 5. The maximum atomic E-state index is 13.2. The summed E-state index contributed by atoms with van der Waals surface area (Å²) in [6, 6.07) is 6.58. The lowest BCUT2D eigenvalue weighted by atomic mass is 10.2. The van der Waals surface area contributed by atoms with E-state index in [2.05, 4.69) is 9.97 Å². The highest BCUT2D eigenvalue weighted by Crippen LogP contribution is 2.38. The van der Waals surface area contributed by atoms with Crippen molar-refractivity contribution in [2.24, 2.45) is 0 Å². The molecule has 0 aliphatic rings. The molecule has 0 bridgehead atoms. The van der Waals surface area contributed by atoms with Crippen molar-refractivity contribution in [1.82, 2.24) is 9.97 Å². The van der Waals surface area contributed by atoms with Crippen LogP contribution in [0.25, 0.3) is 0 Å². The third-order valence-corrected chi connectivity index (χ3v) is 3.20. The molecule has 0 spiro atoms. The molecule has 0 saturated heterocycles. The minimum Gasteiger partial charge on any atom is -0.488 e. The normalized spacial score (nSPS) is 12.0. The molecular formula is C17H20F3N3O2. The molecule has 8 heteroatoms. The number of rotatable bonds is 4. The fraction of sp³-hybridized carbons (Fsp3) is 0.412. The average molecular weight is 355 g/mol. The van der Waals surface area contributed by atoms with E-state index in [9.17, 15) is 13.2 Å². The third kappa shape index (κ3) is 4.74. The van der Waals surface area contributed by atoms with Crippen molar-refractivity contribution in [3.05, 3.63) is 36.0 Å². The Morgan fingerprint density at radius 1 is 1.04 bits per heavy atom. The second-order valence-corrected chi connectivity index (χ2v) is 6.36. The Morgan fingerprint density at radius 3 is 2.12 bits per heavy atom. The predicted molar refractivity (Wildman–Crippen MR) is 88.5 cm³/mol. The maximum Gasteiger partial charge on any atom is 0.421 e. The lowest BCUT2D eigenvalue weighted by Crippen LogP contribution is -2.23. The molecule has 1 heterocycles. The molecule has 0 saturated carbocycles. The number of anilines is 2. The van der Waals surface area contributed by atoms with Gasteiger partial charge in [-0.15, -0.1) is 0 Å². The first-order chi connectivity index (χ1) is 11.5. The van der Waals surface area contributed by atoms with E-state index in [1.807, 2.05) is 20.8 Å². The zero-order valence-corrected chi connectivity index (χ0v) is 14.7. The van der Waals surface area contributed by atoms with Gasteiger partial charge in [0.2, 0.25) is 0 Å². The van der Waals surface area contributed by atoms with Gasteiger partial charge in [0, 0.05) is 18.9 Å². The van der Waals surface area contributed by atoms with Crippen molar-refractivity contribution in [3.63, 3.8) is 0 Å². The van der Waals surface area contributed by atoms with Crippen LogP contribution in [0.5, 0.6) is 11.8 Å². The van der Waals surface area contributed by atoms with Crippen LogP contribution in [-0.2, 0) is 6.18 Å². The van der Waals surface area contributed by atoms with Crippen LogP contribution >= 0.6 is 0 Å². The molecule has 0 unspecified atom stereocenters. The van der Waals surface area contributed by atoms with Crippen LogP contribution in [-0.4, -0.2) is 29.7 Å². The maximum absolute atomic E-state index is 13.2. The van der Waals surface area contributed by atoms with Crippen LogP contribution in [0, 0.1) is 0 Å². The molecule has 1 aromatic heterocycles. The molecule has 0 amide bonds. The van der Waals surface area contributed by atoms with Crippen LogP contribution in [0.4, 0.5) is 24.7 Å². The Labute approximate surface area is 144 Å². The molecule has 0 radical (unpaired) electrons.